The molecule has 5 nitrogen and oxygen atoms in total. The van der Waals surface area contributed by atoms with Gasteiger partial charge in [-0.05, 0) is 50.0 Å². The maximum atomic E-state index is 6.17. The van der Waals surface area contributed by atoms with E-state index in [-0.39, 0.29) is 5.60 Å². The van der Waals surface area contributed by atoms with Gasteiger partial charge in [0.2, 0.25) is 0 Å². The zero-order valence-electron chi connectivity index (χ0n) is 14.2. The summed E-state index contributed by atoms with van der Waals surface area (Å²) in [7, 11) is 1.69. The summed E-state index contributed by atoms with van der Waals surface area (Å²) in [6.45, 7) is 1.34. The molecule has 0 radical (unpaired) electrons. The zero-order valence-corrected chi connectivity index (χ0v) is 14.2. The van der Waals surface area contributed by atoms with Crippen LogP contribution in [-0.4, -0.2) is 32.0 Å². The summed E-state index contributed by atoms with van der Waals surface area (Å²) < 4.78 is 17.2. The minimum absolute atomic E-state index is 0.310. The first-order valence-corrected chi connectivity index (χ1v) is 8.88. The molecule has 1 N–H and O–H groups in total. The number of hydrogen-bond donors (Lipinski definition) is 1. The Balaban J connectivity index is 1.53. The minimum atomic E-state index is -0.320. The molecule has 1 spiro atoms. The number of ether oxygens (including phenoxy) is 3. The van der Waals surface area contributed by atoms with Gasteiger partial charge >= 0.3 is 0 Å². The quantitative estimate of drug-likeness (QED) is 0.916. The van der Waals surface area contributed by atoms with Crippen molar-refractivity contribution in [3.63, 3.8) is 0 Å². The molecular weight excluding hydrogens is 306 g/mol. The molecule has 2 fully saturated rings. The first-order chi connectivity index (χ1) is 11.8. The van der Waals surface area contributed by atoms with Crippen LogP contribution in [0.25, 0.3) is 5.70 Å². The monoisotopic (exact) mass is 331 g/mol. The maximum absolute atomic E-state index is 6.17. The Morgan fingerprint density at radius 3 is 2.79 bits per heavy atom. The van der Waals surface area contributed by atoms with Crippen molar-refractivity contribution in [2.24, 2.45) is 0 Å². The molecule has 1 aromatic rings. The van der Waals surface area contributed by atoms with Crippen LogP contribution in [0.5, 0.6) is 11.5 Å². The Labute approximate surface area is 142 Å². The Kier molecular flexibility index (Phi) is 4.37. The summed E-state index contributed by atoms with van der Waals surface area (Å²) in [4.78, 5) is 5.75. The van der Waals surface area contributed by atoms with Crippen LogP contribution in [0.3, 0.4) is 0 Å². The number of rotatable bonds is 4. The Morgan fingerprint density at radius 1 is 1.17 bits per heavy atom. The number of nitrogens with one attached hydrogen (secondary N) is 1. The normalized spacial score (nSPS) is 27.1. The van der Waals surface area contributed by atoms with Gasteiger partial charge in [0.15, 0.2) is 11.5 Å². The Morgan fingerprint density at radius 2 is 2.04 bits per heavy atom. The first kappa shape index (κ1) is 15.8. The van der Waals surface area contributed by atoms with Gasteiger partial charge in [-0.3, -0.25) is 10.3 Å². The van der Waals surface area contributed by atoms with E-state index < -0.39 is 0 Å². The molecule has 2 aliphatic heterocycles. The van der Waals surface area contributed by atoms with E-state index >= 15 is 0 Å². The van der Waals surface area contributed by atoms with E-state index in [1.54, 1.807) is 7.11 Å². The van der Waals surface area contributed by atoms with E-state index in [0.717, 1.165) is 48.6 Å². The summed E-state index contributed by atoms with van der Waals surface area (Å²) >= 11 is 0. The van der Waals surface area contributed by atoms with E-state index in [2.05, 4.69) is 17.6 Å². The topological polar surface area (TPSA) is 49.0 Å². The highest BCUT2D eigenvalue weighted by Crippen LogP contribution is 2.37. The predicted octanol–water partition coefficient (Wildman–Crippen LogP) is 3.44. The van der Waals surface area contributed by atoms with Gasteiger partial charge < -0.3 is 14.2 Å². The van der Waals surface area contributed by atoms with E-state index in [0.29, 0.717) is 12.7 Å². The second-order valence-corrected chi connectivity index (χ2v) is 6.87. The van der Waals surface area contributed by atoms with Gasteiger partial charge in [0.1, 0.15) is 5.60 Å². The average molecular weight is 331 g/mol. The summed E-state index contributed by atoms with van der Waals surface area (Å²) in [5, 5.41) is 0. The fraction of sp³-hybridized carbons (Fsp3) is 0.579. The molecule has 24 heavy (non-hydrogen) atoms. The van der Waals surface area contributed by atoms with Gasteiger partial charge in [0.25, 0.3) is 0 Å². The number of benzene rings is 1. The van der Waals surface area contributed by atoms with Crippen molar-refractivity contribution in [2.75, 3.05) is 20.3 Å². The van der Waals surface area contributed by atoms with Gasteiger partial charge in [-0.15, -0.1) is 0 Å². The smallest absolute Gasteiger partial charge is 0.161 e. The molecule has 0 aromatic heterocycles. The van der Waals surface area contributed by atoms with Gasteiger partial charge in [-0.1, -0.05) is 6.42 Å². The number of methoxy groups -OCH3 is 1. The van der Waals surface area contributed by atoms with Crippen LogP contribution in [0.15, 0.2) is 24.3 Å². The highest BCUT2D eigenvalue weighted by atomic mass is 16.7. The van der Waals surface area contributed by atoms with Gasteiger partial charge in [0.05, 0.1) is 25.5 Å². The highest BCUT2D eigenvalue weighted by molar-refractivity contribution is 5.68. The molecule has 3 aliphatic rings. The fourth-order valence-corrected chi connectivity index (χ4v) is 3.67. The predicted molar refractivity (Wildman–Crippen MR) is 90.9 cm³/mol. The first-order valence-electron chi connectivity index (χ1n) is 8.88. The second-order valence-electron chi connectivity index (χ2n) is 6.87. The molecule has 1 saturated heterocycles. The third kappa shape index (κ3) is 3.10. The largest absolute Gasteiger partial charge is 0.493 e. The maximum Gasteiger partial charge on any atom is 0.161 e. The summed E-state index contributed by atoms with van der Waals surface area (Å²) in [5.41, 5.74) is 4.72. The van der Waals surface area contributed by atoms with E-state index in [9.17, 15) is 0 Å². The Hall–Kier alpha value is -1.72. The molecule has 2 heterocycles. The lowest BCUT2D eigenvalue weighted by atomic mass is 9.97. The van der Waals surface area contributed by atoms with Gasteiger partial charge in [0, 0.05) is 18.6 Å². The van der Waals surface area contributed by atoms with Crippen molar-refractivity contribution >= 4 is 5.70 Å². The van der Waals surface area contributed by atoms with Crippen LogP contribution in [0, 0.1) is 0 Å². The Bertz CT molecular complexity index is 616. The van der Waals surface area contributed by atoms with Crippen molar-refractivity contribution in [2.45, 2.75) is 50.2 Å². The SMILES string of the molecule is COc1cc(C2=CC3(CCOC3)ON2)ccc1OC1CCCCC1. The van der Waals surface area contributed by atoms with Crippen LogP contribution in [0.1, 0.15) is 44.1 Å². The molecular formula is C19H25NO4. The molecule has 1 atom stereocenters. The number of hydrogen-bond acceptors (Lipinski definition) is 5. The van der Waals surface area contributed by atoms with Crippen LogP contribution >= 0.6 is 0 Å². The van der Waals surface area contributed by atoms with Crippen LogP contribution < -0.4 is 15.0 Å². The second kappa shape index (κ2) is 6.65. The fourth-order valence-electron chi connectivity index (χ4n) is 3.67. The zero-order chi connectivity index (χ0) is 16.4. The van der Waals surface area contributed by atoms with Crippen molar-refractivity contribution in [1.82, 2.24) is 5.48 Å². The molecule has 1 unspecified atom stereocenters. The minimum Gasteiger partial charge on any atom is -0.493 e. The lowest BCUT2D eigenvalue weighted by Gasteiger charge is -2.24. The van der Waals surface area contributed by atoms with E-state index in [4.69, 9.17) is 19.0 Å². The van der Waals surface area contributed by atoms with Crippen molar-refractivity contribution in [3.05, 3.63) is 29.8 Å². The molecule has 0 bridgehead atoms. The van der Waals surface area contributed by atoms with Crippen molar-refractivity contribution < 1.29 is 19.0 Å². The summed E-state index contributed by atoms with van der Waals surface area (Å²) in [6, 6.07) is 6.06. The summed E-state index contributed by atoms with van der Waals surface area (Å²) in [5.74, 6) is 1.59. The van der Waals surface area contributed by atoms with Crippen LogP contribution in [0.2, 0.25) is 0 Å². The van der Waals surface area contributed by atoms with Gasteiger partial charge in [-0.25, -0.2) is 0 Å². The van der Waals surface area contributed by atoms with Crippen LogP contribution in [0.4, 0.5) is 0 Å². The average Bonchev–Trinajstić information content (AvgIpc) is 3.26. The number of hydroxylamine groups is 1. The standard InChI is InChI=1S/C19H25NO4/c1-21-18-11-14(16-12-19(24-20-16)9-10-22-13-19)7-8-17(18)23-15-5-3-2-4-6-15/h7-8,11-12,15,20H,2-6,9-10,13H2,1H3. The lowest BCUT2D eigenvalue weighted by Crippen LogP contribution is -2.29. The van der Waals surface area contributed by atoms with Gasteiger partial charge in [-0.2, -0.15) is 0 Å². The molecule has 1 aromatic carbocycles. The van der Waals surface area contributed by atoms with Crippen LogP contribution in [-0.2, 0) is 9.57 Å². The van der Waals surface area contributed by atoms with Crippen molar-refractivity contribution in [3.8, 4) is 11.5 Å². The third-order valence-electron chi connectivity index (χ3n) is 5.11. The molecule has 4 rings (SSSR count). The third-order valence-corrected chi connectivity index (χ3v) is 5.11. The van der Waals surface area contributed by atoms with E-state index in [1.807, 2.05) is 12.1 Å². The molecule has 1 aliphatic carbocycles. The lowest BCUT2D eigenvalue weighted by molar-refractivity contribution is -0.0373. The highest BCUT2D eigenvalue weighted by Gasteiger charge is 2.39. The molecule has 5 heteroatoms. The summed E-state index contributed by atoms with van der Waals surface area (Å²) in [6.07, 6.45) is 9.40. The van der Waals surface area contributed by atoms with E-state index in [1.165, 1.54) is 19.3 Å². The van der Waals surface area contributed by atoms with Crippen molar-refractivity contribution in [1.29, 1.82) is 0 Å². The molecule has 1 saturated carbocycles. The molecule has 0 amide bonds. The molecule has 130 valence electrons.